The van der Waals surface area contributed by atoms with Gasteiger partial charge in [0, 0.05) is 17.7 Å². The van der Waals surface area contributed by atoms with E-state index in [0.29, 0.717) is 22.3 Å². The molecule has 0 radical (unpaired) electrons. The van der Waals surface area contributed by atoms with Crippen LogP contribution in [0.5, 0.6) is 5.75 Å². The predicted molar refractivity (Wildman–Crippen MR) is 62.9 cm³/mol. The second kappa shape index (κ2) is 4.25. The molecule has 17 heavy (non-hydrogen) atoms. The maximum atomic E-state index is 11.4. The van der Waals surface area contributed by atoms with Crippen LogP contribution in [0.4, 0.5) is 0 Å². The monoisotopic (exact) mass is 230 g/mol. The van der Waals surface area contributed by atoms with Crippen LogP contribution in [-0.2, 0) is 4.79 Å². The quantitative estimate of drug-likeness (QED) is 0.451. The molecule has 0 fully saturated rings. The maximum absolute atomic E-state index is 11.4. The van der Waals surface area contributed by atoms with E-state index in [2.05, 4.69) is 6.58 Å². The molecule has 4 heteroatoms. The van der Waals surface area contributed by atoms with Crippen molar-refractivity contribution in [2.45, 2.75) is 6.92 Å². The van der Waals surface area contributed by atoms with E-state index in [4.69, 9.17) is 9.15 Å². The fourth-order valence-electron chi connectivity index (χ4n) is 1.32. The minimum atomic E-state index is -0.511. The maximum Gasteiger partial charge on any atom is 0.338 e. The Morgan fingerprint density at radius 3 is 2.82 bits per heavy atom. The van der Waals surface area contributed by atoms with E-state index >= 15 is 0 Å². The third kappa shape index (κ3) is 2.25. The largest absolute Gasteiger partial charge is 0.464 e. The number of hydrogen-bond donors (Lipinski definition) is 0. The van der Waals surface area contributed by atoms with Crippen LogP contribution in [0.15, 0.2) is 51.9 Å². The van der Waals surface area contributed by atoms with Crippen LogP contribution in [0.25, 0.3) is 11.0 Å². The van der Waals surface area contributed by atoms with E-state index < -0.39 is 5.97 Å². The summed E-state index contributed by atoms with van der Waals surface area (Å²) < 4.78 is 10.2. The number of esters is 1. The molecular weight excluding hydrogens is 220 g/mol. The molecule has 0 bridgehead atoms. The van der Waals surface area contributed by atoms with E-state index in [-0.39, 0.29) is 5.43 Å². The summed E-state index contributed by atoms with van der Waals surface area (Å²) in [4.78, 5) is 22.7. The summed E-state index contributed by atoms with van der Waals surface area (Å²) in [7, 11) is 0. The van der Waals surface area contributed by atoms with E-state index in [1.165, 1.54) is 18.4 Å². The molecule has 1 aromatic heterocycles. The van der Waals surface area contributed by atoms with Crippen LogP contribution in [-0.4, -0.2) is 5.97 Å². The first-order valence-corrected chi connectivity index (χ1v) is 4.97. The summed E-state index contributed by atoms with van der Waals surface area (Å²) in [5.74, 6) is -0.192. The fourth-order valence-corrected chi connectivity index (χ4v) is 1.32. The molecule has 0 aliphatic carbocycles. The predicted octanol–water partition coefficient (Wildman–Crippen LogP) is 2.27. The molecule has 0 unspecified atom stereocenters. The van der Waals surface area contributed by atoms with Crippen molar-refractivity contribution in [3.63, 3.8) is 0 Å². The molecule has 0 aliphatic rings. The molecular formula is C13H10O4. The summed E-state index contributed by atoms with van der Waals surface area (Å²) in [6, 6.07) is 5.93. The first-order chi connectivity index (χ1) is 8.08. The van der Waals surface area contributed by atoms with E-state index in [0.717, 1.165) is 0 Å². The van der Waals surface area contributed by atoms with Crippen LogP contribution < -0.4 is 10.2 Å². The van der Waals surface area contributed by atoms with E-state index in [1.54, 1.807) is 19.1 Å². The number of rotatable bonds is 2. The Balaban J connectivity index is 2.42. The topological polar surface area (TPSA) is 56.5 Å². The zero-order chi connectivity index (χ0) is 12.4. The van der Waals surface area contributed by atoms with Gasteiger partial charge in [0.15, 0.2) is 5.43 Å². The summed E-state index contributed by atoms with van der Waals surface area (Å²) in [6.07, 6.45) is 1.30. The molecule has 0 spiro atoms. The van der Waals surface area contributed by atoms with Crippen molar-refractivity contribution >= 4 is 16.9 Å². The van der Waals surface area contributed by atoms with E-state index in [9.17, 15) is 9.59 Å². The van der Waals surface area contributed by atoms with Crippen LogP contribution in [0.2, 0.25) is 0 Å². The van der Waals surface area contributed by atoms with Crippen molar-refractivity contribution in [2.24, 2.45) is 0 Å². The highest BCUT2D eigenvalue weighted by Crippen LogP contribution is 2.18. The number of hydrogen-bond acceptors (Lipinski definition) is 4. The lowest BCUT2D eigenvalue weighted by Gasteiger charge is -2.04. The molecule has 1 heterocycles. The minimum absolute atomic E-state index is 0.135. The highest BCUT2D eigenvalue weighted by atomic mass is 16.5. The minimum Gasteiger partial charge on any atom is -0.464 e. The van der Waals surface area contributed by atoms with Gasteiger partial charge in [-0.05, 0) is 19.1 Å². The number of fused-ring (bicyclic) bond motifs is 1. The fraction of sp³-hybridized carbons (Fsp3) is 0.0769. The highest BCUT2D eigenvalue weighted by molar-refractivity contribution is 5.89. The van der Waals surface area contributed by atoms with Crippen molar-refractivity contribution in [3.05, 3.63) is 52.9 Å². The van der Waals surface area contributed by atoms with Crippen molar-refractivity contribution < 1.29 is 13.9 Å². The first-order valence-electron chi connectivity index (χ1n) is 4.97. The average Bonchev–Trinajstić information content (AvgIpc) is 2.29. The second-order valence-corrected chi connectivity index (χ2v) is 3.61. The molecule has 0 N–H and O–H groups in total. The van der Waals surface area contributed by atoms with Gasteiger partial charge in [-0.15, -0.1) is 0 Å². The van der Waals surface area contributed by atoms with Crippen LogP contribution >= 0.6 is 0 Å². The lowest BCUT2D eigenvalue weighted by atomic mass is 10.2. The Kier molecular flexibility index (Phi) is 2.78. The number of carbonyl (C=O) groups is 1. The van der Waals surface area contributed by atoms with Gasteiger partial charge in [-0.1, -0.05) is 6.58 Å². The van der Waals surface area contributed by atoms with Gasteiger partial charge in [0.05, 0.1) is 11.6 Å². The molecule has 2 rings (SSSR count). The van der Waals surface area contributed by atoms with Crippen molar-refractivity contribution in [1.29, 1.82) is 0 Å². The van der Waals surface area contributed by atoms with Gasteiger partial charge in [-0.2, -0.15) is 0 Å². The molecule has 0 amide bonds. The Hall–Kier alpha value is -2.36. The van der Waals surface area contributed by atoms with Crippen LogP contribution in [0.3, 0.4) is 0 Å². The van der Waals surface area contributed by atoms with Crippen LogP contribution in [0, 0.1) is 0 Å². The molecule has 0 aliphatic heterocycles. The van der Waals surface area contributed by atoms with Gasteiger partial charge in [-0.25, -0.2) is 4.79 Å². The lowest BCUT2D eigenvalue weighted by Crippen LogP contribution is -2.08. The molecule has 0 saturated heterocycles. The smallest absolute Gasteiger partial charge is 0.338 e. The van der Waals surface area contributed by atoms with Crippen LogP contribution in [0.1, 0.15) is 6.92 Å². The standard InChI is InChI=1S/C13H10O4/c1-8(2)13(15)17-9-3-4-10-11(14)5-6-16-12(10)7-9/h3-7H,1H2,2H3. The van der Waals surface area contributed by atoms with Gasteiger partial charge in [0.1, 0.15) is 11.3 Å². The average molecular weight is 230 g/mol. The van der Waals surface area contributed by atoms with Crippen molar-refractivity contribution in [2.75, 3.05) is 0 Å². The third-order valence-electron chi connectivity index (χ3n) is 2.19. The SMILES string of the molecule is C=C(C)C(=O)Oc1ccc2c(=O)ccoc2c1. The lowest BCUT2D eigenvalue weighted by molar-refractivity contribution is -0.130. The van der Waals surface area contributed by atoms with Crippen molar-refractivity contribution in [1.82, 2.24) is 0 Å². The van der Waals surface area contributed by atoms with E-state index in [1.807, 2.05) is 0 Å². The van der Waals surface area contributed by atoms with Gasteiger partial charge in [0.25, 0.3) is 0 Å². The van der Waals surface area contributed by atoms with Gasteiger partial charge >= 0.3 is 5.97 Å². The molecule has 86 valence electrons. The Labute approximate surface area is 97.1 Å². The number of benzene rings is 1. The third-order valence-corrected chi connectivity index (χ3v) is 2.19. The van der Waals surface area contributed by atoms with Gasteiger partial charge in [0.2, 0.25) is 0 Å². The molecule has 2 aromatic rings. The number of carbonyl (C=O) groups excluding carboxylic acids is 1. The number of ether oxygens (including phenoxy) is 1. The van der Waals surface area contributed by atoms with Gasteiger partial charge in [-0.3, -0.25) is 4.79 Å². The second-order valence-electron chi connectivity index (χ2n) is 3.61. The van der Waals surface area contributed by atoms with Crippen molar-refractivity contribution in [3.8, 4) is 5.75 Å². The zero-order valence-electron chi connectivity index (χ0n) is 9.23. The molecule has 0 saturated carbocycles. The Bertz CT molecular complexity index is 652. The van der Waals surface area contributed by atoms with Gasteiger partial charge < -0.3 is 9.15 Å². The Morgan fingerprint density at radius 1 is 1.35 bits per heavy atom. The summed E-state index contributed by atoms with van der Waals surface area (Å²) >= 11 is 0. The molecule has 4 nitrogen and oxygen atoms in total. The highest BCUT2D eigenvalue weighted by Gasteiger charge is 2.07. The summed E-state index contributed by atoms with van der Waals surface area (Å²) in [6.45, 7) is 5.04. The summed E-state index contributed by atoms with van der Waals surface area (Å²) in [5.41, 5.74) is 0.549. The molecule has 0 atom stereocenters. The zero-order valence-corrected chi connectivity index (χ0v) is 9.23. The molecule has 1 aromatic carbocycles. The summed E-state index contributed by atoms with van der Waals surface area (Å²) in [5, 5.41) is 0.447. The normalized spacial score (nSPS) is 10.2. The first kappa shape index (κ1) is 11.1. The Morgan fingerprint density at radius 2 is 2.12 bits per heavy atom.